The SMILES string of the molecule is COc1cc2c(cc1OC)-c1c(C=O)c3ccc(OC)c(OC)c3c(=O)n1CC2. The lowest BCUT2D eigenvalue weighted by Crippen LogP contribution is -2.28. The fourth-order valence-corrected chi connectivity index (χ4v) is 4.08. The van der Waals surface area contributed by atoms with Gasteiger partial charge < -0.3 is 23.5 Å². The minimum absolute atomic E-state index is 0.225. The number of pyridine rings is 1. The fraction of sp³-hybridized carbons (Fsp3) is 0.273. The molecule has 1 aliphatic heterocycles. The van der Waals surface area contributed by atoms with Gasteiger partial charge in [-0.1, -0.05) is 0 Å². The van der Waals surface area contributed by atoms with Crippen molar-refractivity contribution in [3.63, 3.8) is 0 Å². The Bertz CT molecular complexity index is 1190. The third kappa shape index (κ3) is 2.65. The smallest absolute Gasteiger partial charge is 0.262 e. The van der Waals surface area contributed by atoms with Crippen LogP contribution in [0.15, 0.2) is 29.1 Å². The monoisotopic (exact) mass is 395 g/mol. The number of hydrogen-bond donors (Lipinski definition) is 0. The van der Waals surface area contributed by atoms with Crippen molar-refractivity contribution in [1.29, 1.82) is 0 Å². The van der Waals surface area contributed by atoms with Gasteiger partial charge in [-0.3, -0.25) is 9.59 Å². The highest BCUT2D eigenvalue weighted by Gasteiger charge is 2.27. The molecule has 2 aromatic carbocycles. The van der Waals surface area contributed by atoms with Crippen LogP contribution in [-0.2, 0) is 13.0 Å². The highest BCUT2D eigenvalue weighted by molar-refractivity contribution is 6.06. The number of aldehydes is 1. The summed E-state index contributed by atoms with van der Waals surface area (Å²) in [6, 6.07) is 7.13. The number of aromatic nitrogens is 1. The quantitative estimate of drug-likeness (QED) is 0.618. The molecule has 0 radical (unpaired) electrons. The second-order valence-corrected chi connectivity index (χ2v) is 6.67. The van der Waals surface area contributed by atoms with Gasteiger partial charge in [0.05, 0.1) is 39.5 Å². The Hall–Kier alpha value is -3.48. The molecule has 0 unspecified atom stereocenters. The van der Waals surface area contributed by atoms with Crippen molar-refractivity contribution in [1.82, 2.24) is 4.57 Å². The molecule has 3 aromatic rings. The third-order valence-electron chi connectivity index (χ3n) is 5.41. The van der Waals surface area contributed by atoms with E-state index in [1.807, 2.05) is 12.1 Å². The maximum absolute atomic E-state index is 13.4. The fourth-order valence-electron chi connectivity index (χ4n) is 4.08. The Morgan fingerprint density at radius 2 is 1.62 bits per heavy atom. The number of carbonyl (C=O) groups excluding carboxylic acids is 1. The molecule has 0 N–H and O–H groups in total. The van der Waals surface area contributed by atoms with Crippen molar-refractivity contribution >= 4 is 17.1 Å². The predicted molar refractivity (Wildman–Crippen MR) is 109 cm³/mol. The van der Waals surface area contributed by atoms with Crippen molar-refractivity contribution in [2.75, 3.05) is 28.4 Å². The average molecular weight is 395 g/mol. The summed E-state index contributed by atoms with van der Waals surface area (Å²) >= 11 is 0. The minimum Gasteiger partial charge on any atom is -0.493 e. The first-order valence-electron chi connectivity index (χ1n) is 9.11. The van der Waals surface area contributed by atoms with Gasteiger partial charge in [-0.15, -0.1) is 0 Å². The van der Waals surface area contributed by atoms with Crippen molar-refractivity contribution in [3.05, 3.63) is 45.7 Å². The maximum atomic E-state index is 13.4. The Morgan fingerprint density at radius 1 is 0.931 bits per heavy atom. The van der Waals surface area contributed by atoms with Gasteiger partial charge in [-0.2, -0.15) is 0 Å². The summed E-state index contributed by atoms with van der Waals surface area (Å²) in [5.41, 5.74) is 2.55. The second kappa shape index (κ2) is 7.16. The summed E-state index contributed by atoms with van der Waals surface area (Å²) in [5.74, 6) is 1.92. The van der Waals surface area contributed by atoms with Gasteiger partial charge in [0.15, 0.2) is 29.3 Å². The van der Waals surface area contributed by atoms with E-state index in [-0.39, 0.29) is 5.56 Å². The zero-order chi connectivity index (χ0) is 20.7. The molecule has 0 amide bonds. The van der Waals surface area contributed by atoms with Gasteiger partial charge in [-0.25, -0.2) is 0 Å². The summed E-state index contributed by atoms with van der Waals surface area (Å²) in [4.78, 5) is 25.6. The van der Waals surface area contributed by atoms with Crippen LogP contribution in [0.1, 0.15) is 15.9 Å². The lowest BCUT2D eigenvalue weighted by molar-refractivity contribution is 0.112. The summed E-state index contributed by atoms with van der Waals surface area (Å²) in [6.45, 7) is 0.438. The first kappa shape index (κ1) is 18.9. The Morgan fingerprint density at radius 3 is 2.24 bits per heavy atom. The Balaban J connectivity index is 2.15. The Kier molecular flexibility index (Phi) is 4.66. The highest BCUT2D eigenvalue weighted by Crippen LogP contribution is 2.42. The Labute approximate surface area is 167 Å². The van der Waals surface area contributed by atoms with Crippen molar-refractivity contribution in [2.24, 2.45) is 0 Å². The van der Waals surface area contributed by atoms with Crippen LogP contribution in [0.3, 0.4) is 0 Å². The molecule has 4 rings (SSSR count). The number of benzene rings is 2. The van der Waals surface area contributed by atoms with E-state index < -0.39 is 0 Å². The molecule has 0 bridgehead atoms. The molecule has 150 valence electrons. The van der Waals surface area contributed by atoms with Crippen LogP contribution in [0.5, 0.6) is 23.0 Å². The van der Waals surface area contributed by atoms with Gasteiger partial charge in [0, 0.05) is 23.1 Å². The van der Waals surface area contributed by atoms with Crippen LogP contribution in [0, 0.1) is 0 Å². The van der Waals surface area contributed by atoms with E-state index in [4.69, 9.17) is 18.9 Å². The largest absolute Gasteiger partial charge is 0.493 e. The van der Waals surface area contributed by atoms with Crippen molar-refractivity contribution < 1.29 is 23.7 Å². The molecular formula is C22H21NO6. The van der Waals surface area contributed by atoms with E-state index in [9.17, 15) is 9.59 Å². The third-order valence-corrected chi connectivity index (χ3v) is 5.41. The number of nitrogens with zero attached hydrogens (tertiary/aromatic N) is 1. The van der Waals surface area contributed by atoms with Crippen molar-refractivity contribution in [3.8, 4) is 34.3 Å². The number of aryl methyl sites for hydroxylation is 1. The molecule has 1 aromatic heterocycles. The average Bonchev–Trinajstić information content (AvgIpc) is 2.77. The van der Waals surface area contributed by atoms with E-state index in [1.54, 1.807) is 30.9 Å². The minimum atomic E-state index is -0.225. The predicted octanol–water partition coefficient (Wildman–Crippen LogP) is 3.07. The number of methoxy groups -OCH3 is 4. The zero-order valence-electron chi connectivity index (χ0n) is 16.7. The number of fused-ring (bicyclic) bond motifs is 4. The normalized spacial score (nSPS) is 12.1. The molecule has 2 heterocycles. The van der Waals surface area contributed by atoms with Gasteiger partial charge in [0.2, 0.25) is 0 Å². The summed E-state index contributed by atoms with van der Waals surface area (Å²) < 4.78 is 23.3. The topological polar surface area (TPSA) is 76.0 Å². The van der Waals surface area contributed by atoms with Gasteiger partial charge >= 0.3 is 0 Å². The summed E-state index contributed by atoms with van der Waals surface area (Å²) in [5, 5.41) is 0.859. The van der Waals surface area contributed by atoms with Crippen LogP contribution in [0.4, 0.5) is 0 Å². The zero-order valence-corrected chi connectivity index (χ0v) is 16.7. The molecule has 0 atom stereocenters. The first-order valence-corrected chi connectivity index (χ1v) is 9.11. The molecule has 0 saturated heterocycles. The number of carbonyl (C=O) groups is 1. The number of ether oxygens (including phenoxy) is 4. The first-order chi connectivity index (χ1) is 14.1. The molecule has 7 heteroatoms. The van der Waals surface area contributed by atoms with Crippen molar-refractivity contribution in [2.45, 2.75) is 13.0 Å². The van der Waals surface area contributed by atoms with Crippen LogP contribution >= 0.6 is 0 Å². The standard InChI is InChI=1S/C22H21NO6/c1-26-16-6-5-13-15(11-24)20-14-10-18(28-3)17(27-2)9-12(14)7-8-23(20)22(25)19(13)21(16)29-4/h5-6,9-11H,7-8H2,1-4H3. The molecule has 0 spiro atoms. The van der Waals surface area contributed by atoms with E-state index in [0.29, 0.717) is 58.0 Å². The molecule has 7 nitrogen and oxygen atoms in total. The van der Waals surface area contributed by atoms with Crippen LogP contribution in [-0.4, -0.2) is 39.3 Å². The molecule has 0 aliphatic carbocycles. The molecule has 1 aliphatic rings. The van der Waals surface area contributed by atoms with E-state index in [0.717, 1.165) is 17.4 Å². The van der Waals surface area contributed by atoms with Gasteiger partial charge in [-0.05, 0) is 36.2 Å². The van der Waals surface area contributed by atoms with E-state index >= 15 is 0 Å². The lowest BCUT2D eigenvalue weighted by atomic mass is 9.91. The van der Waals surface area contributed by atoms with Crippen LogP contribution in [0.25, 0.3) is 22.0 Å². The lowest BCUT2D eigenvalue weighted by Gasteiger charge is -2.26. The summed E-state index contributed by atoms with van der Waals surface area (Å²) in [6.07, 6.45) is 1.41. The van der Waals surface area contributed by atoms with E-state index in [1.165, 1.54) is 14.2 Å². The molecule has 29 heavy (non-hydrogen) atoms. The second-order valence-electron chi connectivity index (χ2n) is 6.67. The molecule has 0 fully saturated rings. The number of hydrogen-bond acceptors (Lipinski definition) is 6. The molecule has 0 saturated carbocycles. The molecular weight excluding hydrogens is 374 g/mol. The van der Waals surface area contributed by atoms with Gasteiger partial charge in [0.1, 0.15) is 0 Å². The number of rotatable bonds is 5. The summed E-state index contributed by atoms with van der Waals surface area (Å²) in [7, 11) is 6.12. The van der Waals surface area contributed by atoms with Crippen LogP contribution < -0.4 is 24.5 Å². The van der Waals surface area contributed by atoms with E-state index in [2.05, 4.69) is 0 Å². The van der Waals surface area contributed by atoms with Crippen LogP contribution in [0.2, 0.25) is 0 Å². The maximum Gasteiger partial charge on any atom is 0.262 e. The highest BCUT2D eigenvalue weighted by atomic mass is 16.5. The van der Waals surface area contributed by atoms with Gasteiger partial charge in [0.25, 0.3) is 5.56 Å².